The van der Waals surface area contributed by atoms with Crippen molar-refractivity contribution < 1.29 is 14.3 Å². The van der Waals surface area contributed by atoms with Crippen molar-refractivity contribution in [1.29, 1.82) is 0 Å². The lowest BCUT2D eigenvalue weighted by molar-refractivity contribution is -0.119. The van der Waals surface area contributed by atoms with Crippen LogP contribution in [0.3, 0.4) is 0 Å². The van der Waals surface area contributed by atoms with E-state index in [2.05, 4.69) is 4.98 Å². The predicted molar refractivity (Wildman–Crippen MR) is 129 cm³/mol. The molecule has 9 heteroatoms. The first-order valence-electron chi connectivity index (χ1n) is 11.5. The molecule has 4 aromatic rings. The minimum Gasteiger partial charge on any atom is -0.454 e. The van der Waals surface area contributed by atoms with Gasteiger partial charge in [0, 0.05) is 18.4 Å². The molecule has 0 atom stereocenters. The second-order valence-electron chi connectivity index (χ2n) is 8.60. The predicted octanol–water partition coefficient (Wildman–Crippen LogP) is 2.31. The van der Waals surface area contributed by atoms with Crippen LogP contribution in [0.2, 0.25) is 0 Å². The summed E-state index contributed by atoms with van der Waals surface area (Å²) in [6.45, 7) is 0.531. The molecule has 0 bridgehead atoms. The van der Waals surface area contributed by atoms with Crippen LogP contribution in [0.25, 0.3) is 11.0 Å². The zero-order valence-electron chi connectivity index (χ0n) is 18.8. The molecule has 0 saturated heterocycles. The second-order valence-corrected chi connectivity index (χ2v) is 8.60. The first-order chi connectivity index (χ1) is 17.1. The highest BCUT2D eigenvalue weighted by atomic mass is 16.7. The first-order valence-corrected chi connectivity index (χ1v) is 11.5. The maximum Gasteiger partial charge on any atom is 0.332 e. The van der Waals surface area contributed by atoms with Crippen molar-refractivity contribution in [2.75, 3.05) is 18.2 Å². The number of rotatable bonds is 4. The van der Waals surface area contributed by atoms with E-state index in [-0.39, 0.29) is 31.3 Å². The average Bonchev–Trinajstić information content (AvgIpc) is 3.36. The van der Waals surface area contributed by atoms with Gasteiger partial charge in [-0.25, -0.2) is 9.78 Å². The molecule has 0 unspecified atom stereocenters. The zero-order chi connectivity index (χ0) is 23.9. The Balaban J connectivity index is 1.41. The van der Waals surface area contributed by atoms with Crippen molar-refractivity contribution in [1.82, 2.24) is 14.1 Å². The number of ether oxygens (including phenoxy) is 2. The molecule has 0 N–H and O–H groups in total. The van der Waals surface area contributed by atoms with E-state index in [9.17, 15) is 14.4 Å². The van der Waals surface area contributed by atoms with Crippen LogP contribution in [0, 0.1) is 0 Å². The van der Waals surface area contributed by atoms with Gasteiger partial charge in [0.05, 0.1) is 12.1 Å². The normalized spacial score (nSPS) is 14.2. The topological polar surface area (TPSA) is 95.7 Å². The summed E-state index contributed by atoms with van der Waals surface area (Å²) in [5, 5.41) is 0. The Bertz CT molecular complexity index is 1590. The molecule has 1 amide bonds. The second kappa shape index (κ2) is 8.43. The summed E-state index contributed by atoms with van der Waals surface area (Å²) in [5.74, 6) is 0.970. The molecule has 4 heterocycles. The molecule has 0 aliphatic carbocycles. The quantitative estimate of drug-likeness (QED) is 0.454. The van der Waals surface area contributed by atoms with Crippen LogP contribution >= 0.6 is 0 Å². The third-order valence-corrected chi connectivity index (χ3v) is 6.47. The minimum absolute atomic E-state index is 0.0154. The molecule has 2 aliphatic heterocycles. The van der Waals surface area contributed by atoms with E-state index in [1.54, 1.807) is 35.2 Å². The molecule has 176 valence electrons. The largest absolute Gasteiger partial charge is 0.454 e. The molecule has 6 rings (SSSR count). The van der Waals surface area contributed by atoms with Gasteiger partial charge in [0.25, 0.3) is 5.56 Å². The van der Waals surface area contributed by atoms with Crippen LogP contribution < -0.4 is 25.6 Å². The SMILES string of the molecule is O=C(Cn1c(=O)n(Cc2ccc3c(c2)OCO3)c(=O)c2ncccc21)N1CCCc2ccccc21. The molecule has 2 aromatic heterocycles. The number of benzene rings is 2. The van der Waals surface area contributed by atoms with Crippen LogP contribution in [0.15, 0.2) is 70.4 Å². The van der Waals surface area contributed by atoms with Crippen molar-refractivity contribution in [3.05, 3.63) is 92.8 Å². The number of hydrogen-bond donors (Lipinski definition) is 0. The summed E-state index contributed by atoms with van der Waals surface area (Å²) in [5.41, 5.74) is 2.09. The van der Waals surface area contributed by atoms with Crippen LogP contribution in [-0.2, 0) is 24.3 Å². The summed E-state index contributed by atoms with van der Waals surface area (Å²) in [7, 11) is 0. The van der Waals surface area contributed by atoms with E-state index >= 15 is 0 Å². The van der Waals surface area contributed by atoms with E-state index in [0.29, 0.717) is 29.1 Å². The van der Waals surface area contributed by atoms with Gasteiger partial charge in [0.15, 0.2) is 17.0 Å². The number of para-hydroxylation sites is 1. The van der Waals surface area contributed by atoms with Crippen molar-refractivity contribution in [3.8, 4) is 11.5 Å². The minimum atomic E-state index is -0.563. The van der Waals surface area contributed by atoms with Crippen molar-refractivity contribution in [3.63, 3.8) is 0 Å². The lowest BCUT2D eigenvalue weighted by Crippen LogP contribution is -2.44. The van der Waals surface area contributed by atoms with Crippen molar-refractivity contribution in [2.24, 2.45) is 0 Å². The van der Waals surface area contributed by atoms with Gasteiger partial charge in [0.1, 0.15) is 6.54 Å². The molecule has 2 aromatic carbocycles. The first kappa shape index (κ1) is 21.2. The van der Waals surface area contributed by atoms with Gasteiger partial charge < -0.3 is 14.4 Å². The number of carbonyl (C=O) groups excluding carboxylic acids is 1. The molecule has 0 fully saturated rings. The van der Waals surface area contributed by atoms with Gasteiger partial charge in [-0.15, -0.1) is 0 Å². The standard InChI is InChI=1S/C26H22N4O5/c31-23(28-12-4-6-18-5-1-2-7-19(18)28)15-29-20-8-3-11-27-24(20)25(32)30(26(29)33)14-17-9-10-21-22(13-17)35-16-34-21/h1-3,5,7-11,13H,4,6,12,14-16H2. The Morgan fingerprint density at radius 2 is 1.83 bits per heavy atom. The molecule has 0 saturated carbocycles. The number of fused-ring (bicyclic) bond motifs is 3. The van der Waals surface area contributed by atoms with Gasteiger partial charge in [0.2, 0.25) is 12.7 Å². The van der Waals surface area contributed by atoms with Gasteiger partial charge in [-0.1, -0.05) is 24.3 Å². The fourth-order valence-corrected chi connectivity index (χ4v) is 4.77. The van der Waals surface area contributed by atoms with Crippen LogP contribution in [0.4, 0.5) is 5.69 Å². The van der Waals surface area contributed by atoms with E-state index in [0.717, 1.165) is 28.7 Å². The van der Waals surface area contributed by atoms with Gasteiger partial charge >= 0.3 is 5.69 Å². The third kappa shape index (κ3) is 3.65. The number of amides is 1. The molecule has 0 spiro atoms. The number of aromatic nitrogens is 3. The number of carbonyl (C=O) groups is 1. The Hall–Kier alpha value is -4.40. The maximum absolute atomic E-state index is 13.6. The molecule has 9 nitrogen and oxygen atoms in total. The van der Waals surface area contributed by atoms with Crippen LogP contribution in [0.5, 0.6) is 11.5 Å². The Labute approximate surface area is 199 Å². The van der Waals surface area contributed by atoms with Crippen LogP contribution in [0.1, 0.15) is 17.5 Å². The number of aryl methyl sites for hydroxylation is 1. The zero-order valence-corrected chi connectivity index (χ0v) is 18.8. The molecule has 0 radical (unpaired) electrons. The van der Waals surface area contributed by atoms with Gasteiger partial charge in [-0.05, 0) is 54.3 Å². The average molecular weight is 470 g/mol. The van der Waals surface area contributed by atoms with Crippen molar-refractivity contribution >= 4 is 22.6 Å². The summed E-state index contributed by atoms with van der Waals surface area (Å²) in [4.78, 5) is 46.2. The lowest BCUT2D eigenvalue weighted by Gasteiger charge is -2.29. The van der Waals surface area contributed by atoms with E-state index < -0.39 is 11.2 Å². The van der Waals surface area contributed by atoms with Crippen molar-refractivity contribution in [2.45, 2.75) is 25.9 Å². The smallest absolute Gasteiger partial charge is 0.332 e. The fourth-order valence-electron chi connectivity index (χ4n) is 4.77. The summed E-state index contributed by atoms with van der Waals surface area (Å²) >= 11 is 0. The maximum atomic E-state index is 13.6. The lowest BCUT2D eigenvalue weighted by atomic mass is 10.0. The summed E-state index contributed by atoms with van der Waals surface area (Å²) in [6.07, 6.45) is 3.27. The molecule has 35 heavy (non-hydrogen) atoms. The highest BCUT2D eigenvalue weighted by molar-refractivity contribution is 5.95. The summed E-state index contributed by atoms with van der Waals surface area (Å²) in [6, 6.07) is 16.4. The summed E-state index contributed by atoms with van der Waals surface area (Å²) < 4.78 is 13.2. The number of pyridine rings is 1. The molecule has 2 aliphatic rings. The van der Waals surface area contributed by atoms with Gasteiger partial charge in [-0.2, -0.15) is 0 Å². The fraction of sp³-hybridized carbons (Fsp3) is 0.231. The monoisotopic (exact) mass is 470 g/mol. The number of hydrogen-bond acceptors (Lipinski definition) is 6. The Morgan fingerprint density at radius 1 is 0.971 bits per heavy atom. The highest BCUT2D eigenvalue weighted by Gasteiger charge is 2.24. The third-order valence-electron chi connectivity index (χ3n) is 6.47. The highest BCUT2D eigenvalue weighted by Crippen LogP contribution is 2.32. The Morgan fingerprint density at radius 3 is 2.74 bits per heavy atom. The molecular formula is C26H22N4O5. The van der Waals surface area contributed by atoms with E-state index in [1.165, 1.54) is 10.8 Å². The van der Waals surface area contributed by atoms with Gasteiger partial charge in [-0.3, -0.25) is 18.7 Å². The van der Waals surface area contributed by atoms with E-state index in [1.807, 2.05) is 24.3 Å². The van der Waals surface area contributed by atoms with Crippen LogP contribution in [-0.4, -0.2) is 33.4 Å². The Kier molecular flexibility index (Phi) is 5.09. The number of anilines is 1. The number of nitrogens with zero attached hydrogens (tertiary/aromatic N) is 4. The van der Waals surface area contributed by atoms with E-state index in [4.69, 9.17) is 9.47 Å². The molecular weight excluding hydrogens is 448 g/mol.